The van der Waals surface area contributed by atoms with Gasteiger partial charge in [-0.25, -0.2) is 13.1 Å². The fourth-order valence-electron chi connectivity index (χ4n) is 0.844. The van der Waals surface area contributed by atoms with E-state index >= 15 is 0 Å². The van der Waals surface area contributed by atoms with Crippen LogP contribution >= 0.6 is 0 Å². The van der Waals surface area contributed by atoms with Crippen molar-refractivity contribution >= 4 is 16.0 Å². The van der Waals surface area contributed by atoms with Crippen LogP contribution in [0.5, 0.6) is 0 Å². The summed E-state index contributed by atoms with van der Waals surface area (Å²) >= 11 is 0. The number of hydrogen-bond donors (Lipinski definition) is 2. The largest absolute Gasteiger partial charge is 0.481 e. The van der Waals surface area contributed by atoms with Crippen LogP contribution in [0.25, 0.3) is 0 Å². The van der Waals surface area contributed by atoms with Gasteiger partial charge in [0.15, 0.2) is 0 Å². The van der Waals surface area contributed by atoms with Crippen molar-refractivity contribution in [2.24, 2.45) is 0 Å². The number of alkyl halides is 2. The molecule has 14 heavy (non-hydrogen) atoms. The highest BCUT2D eigenvalue weighted by Crippen LogP contribution is 2.13. The van der Waals surface area contributed by atoms with Crippen LogP contribution in [0, 0.1) is 0 Å². The molecule has 0 amide bonds. The Bertz CT molecular complexity index is 312. The van der Waals surface area contributed by atoms with Gasteiger partial charge in [-0.1, -0.05) is 0 Å². The molecule has 0 aromatic heterocycles. The summed E-state index contributed by atoms with van der Waals surface area (Å²) in [5, 5.41) is 8.36. The van der Waals surface area contributed by atoms with Crippen LogP contribution in [-0.2, 0) is 14.8 Å². The zero-order chi connectivity index (χ0) is 11.6. The van der Waals surface area contributed by atoms with Crippen molar-refractivity contribution in [3.63, 3.8) is 0 Å². The molecule has 0 aromatic rings. The molecule has 0 spiro atoms. The molecule has 0 aliphatic heterocycles. The maximum atomic E-state index is 11.9. The van der Waals surface area contributed by atoms with E-state index in [1.165, 1.54) is 13.8 Å². The predicted octanol–water partition coefficient (Wildman–Crippen LogP) is 0.382. The Morgan fingerprint density at radius 2 is 1.93 bits per heavy atom. The number of carboxylic acid groups (broad SMARTS) is 1. The average Bonchev–Trinajstić information content (AvgIpc) is 1.79. The number of hydrogen-bond acceptors (Lipinski definition) is 3. The van der Waals surface area contributed by atoms with E-state index in [1.54, 1.807) is 4.72 Å². The molecule has 0 aliphatic carbocycles. The molecule has 0 unspecified atom stereocenters. The maximum Gasteiger partial charge on any atom is 0.350 e. The molecule has 0 saturated carbocycles. The summed E-state index contributed by atoms with van der Waals surface area (Å²) in [6, 6.07) is 0. The van der Waals surface area contributed by atoms with Gasteiger partial charge in [0.1, 0.15) is 0 Å². The van der Waals surface area contributed by atoms with E-state index in [2.05, 4.69) is 0 Å². The van der Waals surface area contributed by atoms with Crippen molar-refractivity contribution in [1.29, 1.82) is 0 Å². The monoisotopic (exact) mass is 231 g/mol. The minimum atomic E-state index is -4.75. The molecule has 0 bridgehead atoms. The summed E-state index contributed by atoms with van der Waals surface area (Å²) in [5.74, 6) is -4.83. The first-order valence-electron chi connectivity index (χ1n) is 3.59. The van der Waals surface area contributed by atoms with Gasteiger partial charge < -0.3 is 5.11 Å². The summed E-state index contributed by atoms with van der Waals surface area (Å²) in [6.45, 7) is 2.42. The first kappa shape index (κ1) is 13.2. The van der Waals surface area contributed by atoms with Gasteiger partial charge in [-0.15, -0.1) is 0 Å². The molecule has 0 heterocycles. The molecule has 84 valence electrons. The Morgan fingerprint density at radius 3 is 2.21 bits per heavy atom. The van der Waals surface area contributed by atoms with Gasteiger partial charge in [0.25, 0.3) is 10.0 Å². The van der Waals surface area contributed by atoms with Crippen LogP contribution in [0.3, 0.4) is 0 Å². The molecule has 0 rings (SSSR count). The molecule has 5 nitrogen and oxygen atoms in total. The summed E-state index contributed by atoms with van der Waals surface area (Å²) in [7, 11) is -4.75. The molecule has 0 fully saturated rings. The van der Waals surface area contributed by atoms with Crippen LogP contribution in [0.15, 0.2) is 0 Å². The quantitative estimate of drug-likeness (QED) is 0.716. The second kappa shape index (κ2) is 4.18. The van der Waals surface area contributed by atoms with Crippen molar-refractivity contribution in [2.75, 3.05) is 0 Å². The Balaban J connectivity index is 4.59. The Morgan fingerprint density at radius 1 is 1.50 bits per heavy atom. The van der Waals surface area contributed by atoms with Gasteiger partial charge in [-0.2, -0.15) is 8.78 Å². The topological polar surface area (TPSA) is 83.5 Å². The van der Waals surface area contributed by atoms with Crippen LogP contribution in [0.4, 0.5) is 8.78 Å². The zero-order valence-corrected chi connectivity index (χ0v) is 8.44. The smallest absolute Gasteiger partial charge is 0.350 e. The lowest BCUT2D eigenvalue weighted by molar-refractivity contribution is -0.138. The third-order valence-electron chi connectivity index (χ3n) is 1.25. The molecule has 0 saturated heterocycles. The highest BCUT2D eigenvalue weighted by atomic mass is 32.2. The van der Waals surface area contributed by atoms with Crippen molar-refractivity contribution in [3.05, 3.63) is 0 Å². The van der Waals surface area contributed by atoms with Crippen LogP contribution in [-0.4, -0.2) is 30.8 Å². The Labute approximate surface area is 80.2 Å². The minimum absolute atomic E-state index is 0.570. The van der Waals surface area contributed by atoms with Crippen molar-refractivity contribution < 1.29 is 27.1 Å². The number of carbonyl (C=O) groups is 1. The SMILES string of the molecule is CC(C)(CC(=O)O)NS(=O)(=O)C(F)F. The molecule has 0 aromatic carbocycles. The van der Waals surface area contributed by atoms with Crippen LogP contribution in [0.2, 0.25) is 0 Å². The van der Waals surface area contributed by atoms with E-state index in [0.717, 1.165) is 0 Å². The lowest BCUT2D eigenvalue weighted by Gasteiger charge is -2.23. The lowest BCUT2D eigenvalue weighted by atomic mass is 10.0. The molecule has 8 heteroatoms. The highest BCUT2D eigenvalue weighted by molar-refractivity contribution is 7.89. The summed E-state index contributed by atoms with van der Waals surface area (Å²) in [5.41, 5.74) is -1.43. The molecule has 0 atom stereocenters. The molecule has 0 radical (unpaired) electrons. The first-order valence-corrected chi connectivity index (χ1v) is 5.14. The summed E-state index contributed by atoms with van der Waals surface area (Å²) < 4.78 is 46.7. The van der Waals surface area contributed by atoms with E-state index < -0.39 is 33.7 Å². The number of halogens is 2. The van der Waals surface area contributed by atoms with Gasteiger partial charge in [0.2, 0.25) is 0 Å². The van der Waals surface area contributed by atoms with E-state index in [4.69, 9.17) is 5.11 Å². The first-order chi connectivity index (χ1) is 6.07. The molecule has 2 N–H and O–H groups in total. The Kier molecular flexibility index (Phi) is 3.95. The summed E-state index contributed by atoms with van der Waals surface area (Å²) in [4.78, 5) is 10.2. The third-order valence-corrected chi connectivity index (χ3v) is 2.55. The summed E-state index contributed by atoms with van der Waals surface area (Å²) in [6.07, 6.45) is -0.570. The number of rotatable bonds is 5. The predicted molar refractivity (Wildman–Crippen MR) is 44.4 cm³/mol. The van der Waals surface area contributed by atoms with Gasteiger partial charge in [0, 0.05) is 5.54 Å². The Hall–Kier alpha value is -0.760. The second-order valence-electron chi connectivity index (χ2n) is 3.36. The third kappa shape index (κ3) is 4.47. The van der Waals surface area contributed by atoms with Gasteiger partial charge in [0.05, 0.1) is 6.42 Å². The number of carboxylic acids is 1. The van der Waals surface area contributed by atoms with Crippen molar-refractivity contribution in [2.45, 2.75) is 31.6 Å². The number of sulfonamides is 1. The highest BCUT2D eigenvalue weighted by Gasteiger charge is 2.32. The van der Waals surface area contributed by atoms with Gasteiger partial charge in [-0.3, -0.25) is 4.79 Å². The number of nitrogens with one attached hydrogen (secondary N) is 1. The molecular weight excluding hydrogens is 220 g/mol. The van der Waals surface area contributed by atoms with Gasteiger partial charge >= 0.3 is 11.7 Å². The van der Waals surface area contributed by atoms with E-state index in [1.807, 2.05) is 0 Å². The van der Waals surface area contributed by atoms with Crippen molar-refractivity contribution in [1.82, 2.24) is 4.72 Å². The fourth-order valence-corrected chi connectivity index (χ4v) is 1.78. The van der Waals surface area contributed by atoms with Gasteiger partial charge in [-0.05, 0) is 13.8 Å². The van der Waals surface area contributed by atoms with E-state index in [0.29, 0.717) is 0 Å². The minimum Gasteiger partial charge on any atom is -0.481 e. The molecule has 0 aliphatic rings. The van der Waals surface area contributed by atoms with Crippen molar-refractivity contribution in [3.8, 4) is 0 Å². The number of aliphatic carboxylic acids is 1. The standard InChI is InChI=1S/C6H11F2NO4S/c1-6(2,3-4(10)11)9-14(12,13)5(7)8/h5,9H,3H2,1-2H3,(H,10,11). The second-order valence-corrected chi connectivity index (χ2v) is 5.01. The van der Waals surface area contributed by atoms with Crippen LogP contribution < -0.4 is 4.72 Å². The van der Waals surface area contributed by atoms with E-state index in [-0.39, 0.29) is 0 Å². The lowest BCUT2D eigenvalue weighted by Crippen LogP contribution is -2.46. The maximum absolute atomic E-state index is 11.9. The fraction of sp³-hybridized carbons (Fsp3) is 0.833. The molecular formula is C6H11F2NO4S. The zero-order valence-electron chi connectivity index (χ0n) is 7.62. The van der Waals surface area contributed by atoms with E-state index in [9.17, 15) is 22.0 Å². The van der Waals surface area contributed by atoms with Crippen LogP contribution in [0.1, 0.15) is 20.3 Å². The normalized spacial score (nSPS) is 13.2. The average molecular weight is 231 g/mol.